The molecule has 1 heterocycles. The summed E-state index contributed by atoms with van der Waals surface area (Å²) < 4.78 is 24.0. The van der Waals surface area contributed by atoms with Gasteiger partial charge in [0.2, 0.25) is 0 Å². The quantitative estimate of drug-likeness (QED) is 0.526. The molecule has 5 nitrogen and oxygen atoms in total. The van der Waals surface area contributed by atoms with Gasteiger partial charge >= 0.3 is 0 Å². The number of hydrogen-bond donors (Lipinski definition) is 1. The molecule has 0 amide bonds. The highest BCUT2D eigenvalue weighted by atomic mass is 35.5. The standard InChI is InChI=1S/C13H11Cl2N3O2S/c1-9-2-4-11(5-3-9)21(19,20)18-16-8-10-6-12(14)17-13(15)7-10/h2-8,18H,1H3. The Balaban J connectivity index is 2.14. The van der Waals surface area contributed by atoms with Crippen LogP contribution in [0, 0.1) is 6.92 Å². The minimum atomic E-state index is -3.70. The van der Waals surface area contributed by atoms with Gasteiger partial charge in [-0.25, -0.2) is 9.82 Å². The monoisotopic (exact) mass is 343 g/mol. The second-order valence-electron chi connectivity index (χ2n) is 4.21. The van der Waals surface area contributed by atoms with E-state index in [2.05, 4.69) is 14.9 Å². The highest BCUT2D eigenvalue weighted by molar-refractivity contribution is 7.89. The average molecular weight is 344 g/mol. The van der Waals surface area contributed by atoms with Crippen molar-refractivity contribution in [3.8, 4) is 0 Å². The molecule has 0 aliphatic carbocycles. The number of hydrogen-bond acceptors (Lipinski definition) is 4. The van der Waals surface area contributed by atoms with E-state index < -0.39 is 10.0 Å². The van der Waals surface area contributed by atoms with Gasteiger partial charge in [0.05, 0.1) is 11.1 Å². The molecule has 1 N–H and O–H groups in total. The molecule has 1 aromatic heterocycles. The zero-order valence-electron chi connectivity index (χ0n) is 10.9. The second-order valence-corrected chi connectivity index (χ2v) is 6.65. The van der Waals surface area contributed by atoms with E-state index >= 15 is 0 Å². The van der Waals surface area contributed by atoms with E-state index in [0.717, 1.165) is 5.56 Å². The van der Waals surface area contributed by atoms with E-state index in [1.807, 2.05) is 6.92 Å². The van der Waals surface area contributed by atoms with Gasteiger partial charge in [-0.3, -0.25) is 0 Å². The lowest BCUT2D eigenvalue weighted by Crippen LogP contribution is -2.18. The van der Waals surface area contributed by atoms with Gasteiger partial charge in [0.1, 0.15) is 10.3 Å². The molecule has 0 spiro atoms. The number of hydrazone groups is 1. The minimum Gasteiger partial charge on any atom is -0.224 e. The predicted molar refractivity (Wildman–Crippen MR) is 83.4 cm³/mol. The topological polar surface area (TPSA) is 71.4 Å². The van der Waals surface area contributed by atoms with Crippen molar-refractivity contribution >= 4 is 39.4 Å². The van der Waals surface area contributed by atoms with Crippen molar-refractivity contribution in [2.75, 3.05) is 0 Å². The molecule has 0 unspecified atom stereocenters. The van der Waals surface area contributed by atoms with E-state index in [4.69, 9.17) is 23.2 Å². The number of rotatable bonds is 4. The number of nitrogens with one attached hydrogen (secondary N) is 1. The van der Waals surface area contributed by atoms with Crippen LogP contribution >= 0.6 is 23.2 Å². The summed E-state index contributed by atoms with van der Waals surface area (Å²) in [7, 11) is -3.70. The largest absolute Gasteiger partial charge is 0.276 e. The minimum absolute atomic E-state index is 0.135. The summed E-state index contributed by atoms with van der Waals surface area (Å²) in [5.41, 5.74) is 1.50. The lowest BCUT2D eigenvalue weighted by molar-refractivity contribution is 0.584. The Hall–Kier alpha value is -1.63. The molecule has 8 heteroatoms. The second kappa shape index (κ2) is 6.43. The number of nitrogens with zero attached hydrogens (tertiary/aromatic N) is 2. The third-order valence-electron chi connectivity index (χ3n) is 2.50. The maximum Gasteiger partial charge on any atom is 0.276 e. The Kier molecular flexibility index (Phi) is 4.82. The van der Waals surface area contributed by atoms with Crippen molar-refractivity contribution in [3.63, 3.8) is 0 Å². The average Bonchev–Trinajstić information content (AvgIpc) is 2.37. The lowest BCUT2D eigenvalue weighted by Gasteiger charge is -2.03. The first-order valence-electron chi connectivity index (χ1n) is 5.81. The summed E-state index contributed by atoms with van der Waals surface area (Å²) in [4.78, 5) is 6.03. The lowest BCUT2D eigenvalue weighted by atomic mass is 10.2. The van der Waals surface area contributed by atoms with Crippen molar-refractivity contribution < 1.29 is 8.42 Å². The molecule has 2 aromatic rings. The smallest absolute Gasteiger partial charge is 0.224 e. The zero-order valence-corrected chi connectivity index (χ0v) is 13.2. The molecule has 0 saturated heterocycles. The fourth-order valence-electron chi connectivity index (χ4n) is 1.50. The van der Waals surface area contributed by atoms with Gasteiger partial charge in [0.15, 0.2) is 0 Å². The van der Waals surface area contributed by atoms with E-state index in [1.165, 1.54) is 30.5 Å². The van der Waals surface area contributed by atoms with Crippen molar-refractivity contribution in [2.45, 2.75) is 11.8 Å². The first-order chi connectivity index (χ1) is 9.87. The summed E-state index contributed by atoms with van der Waals surface area (Å²) in [6, 6.07) is 9.45. The van der Waals surface area contributed by atoms with Gasteiger partial charge in [0.25, 0.3) is 10.0 Å². The third kappa shape index (κ3) is 4.42. The zero-order chi connectivity index (χ0) is 15.5. The fraction of sp³-hybridized carbons (Fsp3) is 0.0769. The van der Waals surface area contributed by atoms with Crippen LogP contribution in [0.15, 0.2) is 46.4 Å². The summed E-state index contributed by atoms with van der Waals surface area (Å²) in [5, 5.41) is 4.09. The van der Waals surface area contributed by atoms with E-state index in [0.29, 0.717) is 5.56 Å². The maximum absolute atomic E-state index is 12.0. The molecule has 0 atom stereocenters. The Morgan fingerprint density at radius 2 is 1.71 bits per heavy atom. The summed E-state index contributed by atoms with van der Waals surface area (Å²) in [6.45, 7) is 1.87. The first kappa shape index (κ1) is 15.8. The normalized spacial score (nSPS) is 11.8. The summed E-state index contributed by atoms with van der Waals surface area (Å²) >= 11 is 11.5. The van der Waals surface area contributed by atoms with Gasteiger partial charge in [-0.2, -0.15) is 13.5 Å². The van der Waals surface area contributed by atoms with Crippen LogP contribution in [-0.2, 0) is 10.0 Å². The van der Waals surface area contributed by atoms with Crippen LogP contribution in [0.1, 0.15) is 11.1 Å². The fourth-order valence-corrected chi connectivity index (χ4v) is 2.77. The van der Waals surface area contributed by atoms with Crippen LogP contribution in [0.2, 0.25) is 10.3 Å². The molecule has 0 saturated carbocycles. The van der Waals surface area contributed by atoms with Crippen LogP contribution in [-0.4, -0.2) is 19.6 Å². The van der Waals surface area contributed by atoms with Gasteiger partial charge in [-0.15, -0.1) is 0 Å². The molecule has 0 bridgehead atoms. The Labute approximate surface area is 132 Å². The van der Waals surface area contributed by atoms with Gasteiger partial charge in [-0.1, -0.05) is 40.9 Å². The molecular formula is C13H11Cl2N3O2S. The number of benzene rings is 1. The number of aromatic nitrogens is 1. The molecule has 0 radical (unpaired) electrons. The summed E-state index contributed by atoms with van der Waals surface area (Å²) in [5.74, 6) is 0. The Morgan fingerprint density at radius 3 is 2.29 bits per heavy atom. The van der Waals surface area contributed by atoms with Gasteiger partial charge in [-0.05, 0) is 31.2 Å². The van der Waals surface area contributed by atoms with Crippen LogP contribution in [0.4, 0.5) is 0 Å². The van der Waals surface area contributed by atoms with Crippen LogP contribution in [0.3, 0.4) is 0 Å². The van der Waals surface area contributed by atoms with Crippen LogP contribution < -0.4 is 4.83 Å². The molecule has 2 rings (SSSR count). The number of halogens is 2. The van der Waals surface area contributed by atoms with Crippen LogP contribution in [0.25, 0.3) is 0 Å². The molecule has 0 fully saturated rings. The number of sulfonamides is 1. The van der Waals surface area contributed by atoms with Gasteiger partial charge < -0.3 is 0 Å². The Morgan fingerprint density at radius 1 is 1.14 bits per heavy atom. The molecule has 21 heavy (non-hydrogen) atoms. The highest BCUT2D eigenvalue weighted by Gasteiger charge is 2.11. The summed E-state index contributed by atoms with van der Waals surface area (Å²) in [6.07, 6.45) is 1.30. The molecule has 0 aliphatic rings. The molecule has 0 aliphatic heterocycles. The SMILES string of the molecule is Cc1ccc(S(=O)(=O)NN=Cc2cc(Cl)nc(Cl)c2)cc1. The molecular weight excluding hydrogens is 333 g/mol. The van der Waals surface area contributed by atoms with Crippen molar-refractivity contribution in [3.05, 3.63) is 57.8 Å². The predicted octanol–water partition coefficient (Wildman–Crippen LogP) is 3.01. The van der Waals surface area contributed by atoms with Gasteiger partial charge in [0, 0.05) is 5.56 Å². The maximum atomic E-state index is 12.0. The van der Waals surface area contributed by atoms with Crippen molar-refractivity contribution in [1.82, 2.24) is 9.82 Å². The van der Waals surface area contributed by atoms with Crippen LogP contribution in [0.5, 0.6) is 0 Å². The van der Waals surface area contributed by atoms with E-state index in [9.17, 15) is 8.42 Å². The third-order valence-corrected chi connectivity index (χ3v) is 4.13. The van der Waals surface area contributed by atoms with Crippen molar-refractivity contribution in [1.29, 1.82) is 0 Å². The highest BCUT2D eigenvalue weighted by Crippen LogP contribution is 2.13. The Bertz CT molecular complexity index is 754. The number of pyridine rings is 1. The molecule has 110 valence electrons. The van der Waals surface area contributed by atoms with Crippen molar-refractivity contribution in [2.24, 2.45) is 5.10 Å². The molecule has 1 aromatic carbocycles. The van der Waals surface area contributed by atoms with E-state index in [1.54, 1.807) is 12.1 Å². The first-order valence-corrected chi connectivity index (χ1v) is 8.05. The number of aryl methyl sites for hydroxylation is 1. The van der Waals surface area contributed by atoms with E-state index in [-0.39, 0.29) is 15.2 Å².